The topological polar surface area (TPSA) is 23.6 Å². The summed E-state index contributed by atoms with van der Waals surface area (Å²) in [5.74, 6) is -0.219. The molecule has 2 unspecified atom stereocenters. The number of fused-ring (bicyclic) bond motifs is 4. The molecule has 1 heterocycles. The van der Waals surface area contributed by atoms with Crippen molar-refractivity contribution < 1.29 is 9.18 Å². The molecule has 0 bridgehead atoms. The SMILES string of the molecule is Cc1ccccc1CC(C)N(Cc1ccccc1F)C(=O)CN1CCc2ccccc2C12CCc1ccccc12. The van der Waals surface area contributed by atoms with Crippen LogP contribution in [0.4, 0.5) is 4.39 Å². The highest BCUT2D eigenvalue weighted by atomic mass is 19.1. The third-order valence-electron chi connectivity index (χ3n) is 9.13. The van der Waals surface area contributed by atoms with Crippen molar-refractivity contribution >= 4 is 5.91 Å². The summed E-state index contributed by atoms with van der Waals surface area (Å²) in [6, 6.07) is 32.5. The van der Waals surface area contributed by atoms with E-state index in [0.717, 1.165) is 32.2 Å². The second kappa shape index (κ2) is 11.0. The molecule has 4 aromatic carbocycles. The van der Waals surface area contributed by atoms with E-state index in [4.69, 9.17) is 0 Å². The van der Waals surface area contributed by atoms with Crippen LogP contribution >= 0.6 is 0 Å². The van der Waals surface area contributed by atoms with Crippen molar-refractivity contribution in [3.05, 3.63) is 142 Å². The van der Waals surface area contributed by atoms with Crippen molar-refractivity contribution in [3.63, 3.8) is 0 Å². The first-order valence-corrected chi connectivity index (χ1v) is 14.5. The minimum absolute atomic E-state index is 0.0486. The Balaban J connectivity index is 1.35. The molecule has 0 N–H and O–H groups in total. The molecule has 1 aliphatic carbocycles. The van der Waals surface area contributed by atoms with Crippen molar-refractivity contribution in [3.8, 4) is 0 Å². The number of halogens is 1. The Bertz CT molecular complexity index is 1530. The number of rotatable bonds is 7. The second-order valence-electron chi connectivity index (χ2n) is 11.4. The predicted octanol–water partition coefficient (Wildman–Crippen LogP) is 6.84. The molecule has 0 aromatic heterocycles. The number of amides is 1. The molecule has 4 heteroatoms. The zero-order chi connectivity index (χ0) is 27.7. The molecule has 6 rings (SSSR count). The molecule has 204 valence electrons. The first-order valence-electron chi connectivity index (χ1n) is 14.5. The van der Waals surface area contributed by atoms with Crippen LogP contribution in [0.2, 0.25) is 0 Å². The largest absolute Gasteiger partial charge is 0.334 e. The van der Waals surface area contributed by atoms with Crippen LogP contribution in [0.15, 0.2) is 97.1 Å². The summed E-state index contributed by atoms with van der Waals surface area (Å²) in [5.41, 5.74) is 8.06. The van der Waals surface area contributed by atoms with Crippen LogP contribution in [-0.2, 0) is 36.1 Å². The molecule has 2 atom stereocenters. The van der Waals surface area contributed by atoms with Crippen LogP contribution in [0.25, 0.3) is 0 Å². The molecular formula is C36H37FN2O. The van der Waals surface area contributed by atoms with E-state index < -0.39 is 0 Å². The standard InChI is InChI=1S/C36H37FN2O/c1-26-11-3-4-14-30(26)23-27(2)39(24-31-15-7-10-18-34(31)37)35(40)25-38-22-20-29-13-6-9-17-33(29)36(38)21-19-28-12-5-8-16-32(28)36/h3-18,27H,19-25H2,1-2H3. The lowest BCUT2D eigenvalue weighted by Gasteiger charge is -2.47. The second-order valence-corrected chi connectivity index (χ2v) is 11.4. The van der Waals surface area contributed by atoms with Crippen molar-refractivity contribution in [1.29, 1.82) is 0 Å². The van der Waals surface area contributed by atoms with Gasteiger partial charge in [-0.05, 0) is 79.0 Å². The Labute approximate surface area is 237 Å². The Kier molecular flexibility index (Phi) is 7.29. The minimum Gasteiger partial charge on any atom is -0.334 e. The summed E-state index contributed by atoms with van der Waals surface area (Å²) >= 11 is 0. The normalized spacial score (nSPS) is 18.8. The highest BCUT2D eigenvalue weighted by Crippen LogP contribution is 2.49. The van der Waals surface area contributed by atoms with Crippen LogP contribution < -0.4 is 0 Å². The average molecular weight is 533 g/mol. The summed E-state index contributed by atoms with van der Waals surface area (Å²) in [6.45, 7) is 5.58. The van der Waals surface area contributed by atoms with Gasteiger partial charge in [-0.3, -0.25) is 9.69 Å². The summed E-state index contributed by atoms with van der Waals surface area (Å²) in [5, 5.41) is 0. The zero-order valence-corrected chi connectivity index (χ0v) is 23.4. The molecule has 0 fully saturated rings. The van der Waals surface area contributed by atoms with E-state index in [1.54, 1.807) is 12.1 Å². The minimum atomic E-state index is -0.315. The Morgan fingerprint density at radius 2 is 1.45 bits per heavy atom. The summed E-state index contributed by atoms with van der Waals surface area (Å²) in [6.07, 6.45) is 3.60. The van der Waals surface area contributed by atoms with Gasteiger partial charge in [0, 0.05) is 24.7 Å². The molecule has 4 aromatic rings. The van der Waals surface area contributed by atoms with Gasteiger partial charge in [0.2, 0.25) is 5.91 Å². The Morgan fingerprint density at radius 3 is 2.15 bits per heavy atom. The lowest BCUT2D eigenvalue weighted by molar-refractivity contribution is -0.136. The maximum Gasteiger partial charge on any atom is 0.237 e. The van der Waals surface area contributed by atoms with Gasteiger partial charge in [0.15, 0.2) is 0 Å². The monoisotopic (exact) mass is 532 g/mol. The maximum atomic E-state index is 14.8. The van der Waals surface area contributed by atoms with Gasteiger partial charge in [-0.15, -0.1) is 0 Å². The number of benzene rings is 4. The van der Waals surface area contributed by atoms with Crippen LogP contribution in [0.5, 0.6) is 0 Å². The Morgan fingerprint density at radius 1 is 0.850 bits per heavy atom. The number of carbonyl (C=O) groups excluding carboxylic acids is 1. The van der Waals surface area contributed by atoms with Crippen LogP contribution in [0, 0.1) is 12.7 Å². The van der Waals surface area contributed by atoms with Crippen LogP contribution in [0.3, 0.4) is 0 Å². The number of hydrogen-bond donors (Lipinski definition) is 0. The highest BCUT2D eigenvalue weighted by molar-refractivity contribution is 5.79. The lowest BCUT2D eigenvalue weighted by Crippen LogP contribution is -2.55. The molecule has 0 saturated carbocycles. The van der Waals surface area contributed by atoms with Crippen LogP contribution in [-0.4, -0.2) is 34.8 Å². The van der Waals surface area contributed by atoms with Gasteiger partial charge in [0.05, 0.1) is 12.1 Å². The lowest BCUT2D eigenvalue weighted by atomic mass is 9.76. The van der Waals surface area contributed by atoms with Gasteiger partial charge < -0.3 is 4.90 Å². The quantitative estimate of drug-likeness (QED) is 0.260. The number of nitrogens with zero attached hydrogens (tertiary/aromatic N) is 2. The van der Waals surface area contributed by atoms with Crippen molar-refractivity contribution in [2.75, 3.05) is 13.1 Å². The summed E-state index contributed by atoms with van der Waals surface area (Å²) in [4.78, 5) is 18.7. The van der Waals surface area contributed by atoms with Crippen molar-refractivity contribution in [2.24, 2.45) is 0 Å². The highest BCUT2D eigenvalue weighted by Gasteiger charge is 2.48. The van der Waals surface area contributed by atoms with E-state index in [1.807, 2.05) is 23.1 Å². The van der Waals surface area contributed by atoms with Gasteiger partial charge in [0.25, 0.3) is 0 Å². The van der Waals surface area contributed by atoms with Crippen molar-refractivity contribution in [2.45, 2.75) is 57.7 Å². The van der Waals surface area contributed by atoms with E-state index in [2.05, 4.69) is 79.4 Å². The first-order chi connectivity index (χ1) is 19.5. The fourth-order valence-electron chi connectivity index (χ4n) is 6.99. The Hall–Kier alpha value is -3.76. The van der Waals surface area contributed by atoms with Gasteiger partial charge >= 0.3 is 0 Å². The van der Waals surface area contributed by atoms with E-state index in [1.165, 1.54) is 39.4 Å². The molecule has 40 heavy (non-hydrogen) atoms. The zero-order valence-electron chi connectivity index (χ0n) is 23.4. The fourth-order valence-corrected chi connectivity index (χ4v) is 6.99. The van der Waals surface area contributed by atoms with Gasteiger partial charge in [0.1, 0.15) is 5.82 Å². The van der Waals surface area contributed by atoms with E-state index in [9.17, 15) is 9.18 Å². The van der Waals surface area contributed by atoms with E-state index in [-0.39, 0.29) is 29.8 Å². The molecule has 3 nitrogen and oxygen atoms in total. The van der Waals surface area contributed by atoms with E-state index >= 15 is 0 Å². The molecule has 1 spiro atoms. The van der Waals surface area contributed by atoms with Crippen LogP contribution in [0.1, 0.15) is 52.3 Å². The third-order valence-corrected chi connectivity index (χ3v) is 9.13. The molecule has 1 amide bonds. The van der Waals surface area contributed by atoms with Gasteiger partial charge in [-0.2, -0.15) is 0 Å². The molecular weight excluding hydrogens is 495 g/mol. The fraction of sp³-hybridized carbons (Fsp3) is 0.306. The predicted molar refractivity (Wildman–Crippen MR) is 159 cm³/mol. The smallest absolute Gasteiger partial charge is 0.237 e. The number of hydrogen-bond acceptors (Lipinski definition) is 2. The molecule has 1 aliphatic heterocycles. The third kappa shape index (κ3) is 4.75. The summed E-state index contributed by atoms with van der Waals surface area (Å²) < 4.78 is 14.8. The molecule has 0 radical (unpaired) electrons. The van der Waals surface area contributed by atoms with Gasteiger partial charge in [-0.25, -0.2) is 4.39 Å². The van der Waals surface area contributed by atoms with E-state index in [0.29, 0.717) is 12.1 Å². The maximum absolute atomic E-state index is 14.8. The number of carbonyl (C=O) groups is 1. The molecule has 0 saturated heterocycles. The average Bonchev–Trinajstić information content (AvgIpc) is 3.35. The first kappa shape index (κ1) is 26.5. The summed E-state index contributed by atoms with van der Waals surface area (Å²) in [7, 11) is 0. The molecule has 2 aliphatic rings. The number of aryl methyl sites for hydroxylation is 2. The van der Waals surface area contributed by atoms with Crippen molar-refractivity contribution in [1.82, 2.24) is 9.80 Å². The van der Waals surface area contributed by atoms with Gasteiger partial charge in [-0.1, -0.05) is 91.0 Å².